The Hall–Kier alpha value is -2.73. The molecule has 0 bridgehead atoms. The average Bonchev–Trinajstić information content (AvgIpc) is 3.07. The van der Waals surface area contributed by atoms with E-state index in [1.165, 1.54) is 12.1 Å². The van der Waals surface area contributed by atoms with E-state index in [0.717, 1.165) is 17.7 Å². The van der Waals surface area contributed by atoms with Crippen LogP contribution < -0.4 is 4.74 Å². The Labute approximate surface area is 154 Å². The fourth-order valence-electron chi connectivity index (χ4n) is 2.60. The van der Waals surface area contributed by atoms with E-state index in [1.54, 1.807) is 36.2 Å². The molecule has 1 aromatic heterocycles. The lowest BCUT2D eigenvalue weighted by atomic mass is 10.1. The van der Waals surface area contributed by atoms with Gasteiger partial charge in [-0.05, 0) is 36.4 Å². The molecule has 0 saturated carbocycles. The van der Waals surface area contributed by atoms with Gasteiger partial charge in [0.05, 0.1) is 13.7 Å². The molecule has 0 saturated heterocycles. The van der Waals surface area contributed by atoms with Gasteiger partial charge in [-0.1, -0.05) is 17.7 Å². The highest BCUT2D eigenvalue weighted by molar-refractivity contribution is 6.30. The van der Waals surface area contributed by atoms with Gasteiger partial charge in [0.15, 0.2) is 5.78 Å². The zero-order valence-corrected chi connectivity index (χ0v) is 14.6. The molecule has 4 nitrogen and oxygen atoms in total. The second-order valence-electron chi connectivity index (χ2n) is 5.65. The minimum Gasteiger partial charge on any atom is -0.496 e. The second kappa shape index (κ2) is 7.66. The second-order valence-corrected chi connectivity index (χ2v) is 6.09. The average molecular weight is 377 g/mol. The number of benzene rings is 2. The Kier molecular flexibility index (Phi) is 5.32. The van der Waals surface area contributed by atoms with Crippen molar-refractivity contribution in [3.05, 3.63) is 82.1 Å². The molecule has 3 aromatic rings. The Balaban J connectivity index is 1.78. The van der Waals surface area contributed by atoms with Gasteiger partial charge in [-0.15, -0.1) is 0 Å². The maximum absolute atomic E-state index is 13.7. The molecule has 7 heteroatoms. The molecule has 3 rings (SSSR count). The number of rotatable bonds is 6. The molecule has 0 amide bonds. The van der Waals surface area contributed by atoms with Crippen molar-refractivity contribution >= 4 is 17.4 Å². The van der Waals surface area contributed by atoms with Crippen molar-refractivity contribution in [3.8, 4) is 5.75 Å². The first-order valence-corrected chi connectivity index (χ1v) is 8.17. The van der Waals surface area contributed by atoms with Gasteiger partial charge in [0.25, 0.3) is 0 Å². The fourth-order valence-corrected chi connectivity index (χ4v) is 2.79. The van der Waals surface area contributed by atoms with Crippen LogP contribution in [0.3, 0.4) is 0 Å². The summed E-state index contributed by atoms with van der Waals surface area (Å²) in [6.45, 7) is 0.338. The lowest BCUT2D eigenvalue weighted by Gasteiger charge is -2.09. The highest BCUT2D eigenvalue weighted by Crippen LogP contribution is 2.23. The summed E-state index contributed by atoms with van der Waals surface area (Å²) in [6, 6.07) is 10.2. The van der Waals surface area contributed by atoms with Crippen molar-refractivity contribution in [3.63, 3.8) is 0 Å². The van der Waals surface area contributed by atoms with Gasteiger partial charge in [0.2, 0.25) is 0 Å². The van der Waals surface area contributed by atoms with Crippen LogP contribution in [0.25, 0.3) is 0 Å². The van der Waals surface area contributed by atoms with Gasteiger partial charge in [0, 0.05) is 28.8 Å². The topological polar surface area (TPSA) is 44.1 Å². The molecular weight excluding hydrogens is 362 g/mol. The van der Waals surface area contributed by atoms with Gasteiger partial charge >= 0.3 is 0 Å². The van der Waals surface area contributed by atoms with Crippen LogP contribution in [0.1, 0.15) is 21.6 Å². The zero-order chi connectivity index (χ0) is 18.7. The van der Waals surface area contributed by atoms with Gasteiger partial charge < -0.3 is 4.74 Å². The Morgan fingerprint density at radius 1 is 1.19 bits per heavy atom. The monoisotopic (exact) mass is 376 g/mol. The van der Waals surface area contributed by atoms with E-state index in [1.807, 2.05) is 0 Å². The number of carbonyl (C=O) groups is 1. The maximum Gasteiger partial charge on any atom is 0.187 e. The standard InChI is InChI=1S/C19H15ClF2N2O2/c1-26-19-6-5-13(20)9-12(19)11-24-8-7-17(23-24)18(25)10-14-15(21)3-2-4-16(14)22/h2-9H,10-11H2,1H3. The van der Waals surface area contributed by atoms with Gasteiger partial charge in [-0.2, -0.15) is 5.10 Å². The van der Waals surface area contributed by atoms with Crippen LogP contribution >= 0.6 is 11.6 Å². The molecule has 0 spiro atoms. The van der Waals surface area contributed by atoms with Gasteiger partial charge in [-0.3, -0.25) is 9.48 Å². The van der Waals surface area contributed by atoms with E-state index < -0.39 is 23.8 Å². The maximum atomic E-state index is 13.7. The molecule has 0 aliphatic rings. The lowest BCUT2D eigenvalue weighted by Crippen LogP contribution is -2.10. The van der Waals surface area contributed by atoms with E-state index in [4.69, 9.17) is 16.3 Å². The minimum atomic E-state index is -0.749. The highest BCUT2D eigenvalue weighted by atomic mass is 35.5. The Morgan fingerprint density at radius 3 is 2.62 bits per heavy atom. The molecular formula is C19H15ClF2N2O2. The SMILES string of the molecule is COc1ccc(Cl)cc1Cn1ccc(C(=O)Cc2c(F)cccc2F)n1. The largest absolute Gasteiger partial charge is 0.496 e. The summed E-state index contributed by atoms with van der Waals surface area (Å²) in [5.74, 6) is -1.32. The Bertz CT molecular complexity index is 936. The van der Waals surface area contributed by atoms with Crippen molar-refractivity contribution in [1.82, 2.24) is 9.78 Å². The van der Waals surface area contributed by atoms with E-state index in [0.29, 0.717) is 17.3 Å². The lowest BCUT2D eigenvalue weighted by molar-refractivity contribution is 0.0985. The van der Waals surface area contributed by atoms with Crippen LogP contribution in [0.2, 0.25) is 5.02 Å². The Morgan fingerprint density at radius 2 is 1.92 bits per heavy atom. The van der Waals surface area contributed by atoms with Gasteiger partial charge in [-0.25, -0.2) is 8.78 Å². The van der Waals surface area contributed by atoms with Crippen molar-refractivity contribution in [1.29, 1.82) is 0 Å². The molecule has 0 aliphatic heterocycles. The van der Waals surface area contributed by atoms with E-state index in [-0.39, 0.29) is 11.3 Å². The third kappa shape index (κ3) is 3.91. The van der Waals surface area contributed by atoms with Crippen LogP contribution in [0, 0.1) is 11.6 Å². The number of nitrogens with zero attached hydrogens (tertiary/aromatic N) is 2. The first kappa shape index (κ1) is 18.1. The highest BCUT2D eigenvalue weighted by Gasteiger charge is 2.17. The molecule has 0 N–H and O–H groups in total. The number of methoxy groups -OCH3 is 1. The smallest absolute Gasteiger partial charge is 0.187 e. The molecule has 0 aliphatic carbocycles. The summed E-state index contributed by atoms with van der Waals surface area (Å²) in [5, 5.41) is 4.74. The first-order valence-electron chi connectivity index (χ1n) is 7.80. The predicted octanol–water partition coefficient (Wildman–Crippen LogP) is 4.30. The molecule has 134 valence electrons. The quantitative estimate of drug-likeness (QED) is 0.602. The summed E-state index contributed by atoms with van der Waals surface area (Å²) in [5.41, 5.74) is 0.666. The van der Waals surface area contributed by atoms with Crippen LogP contribution in [0.15, 0.2) is 48.7 Å². The molecule has 2 aromatic carbocycles. The number of aromatic nitrogens is 2. The number of hydrogen-bond acceptors (Lipinski definition) is 3. The van der Waals surface area contributed by atoms with E-state index in [9.17, 15) is 13.6 Å². The van der Waals surface area contributed by atoms with Crippen LogP contribution in [-0.4, -0.2) is 22.7 Å². The molecule has 1 heterocycles. The molecule has 0 unspecified atom stereocenters. The molecule has 0 radical (unpaired) electrons. The summed E-state index contributed by atoms with van der Waals surface area (Å²) in [6.07, 6.45) is 1.22. The zero-order valence-electron chi connectivity index (χ0n) is 13.9. The normalized spacial score (nSPS) is 10.8. The molecule has 0 fully saturated rings. The number of Topliss-reactive ketones (excluding diaryl/α,β-unsaturated/α-hetero) is 1. The summed E-state index contributed by atoms with van der Waals surface area (Å²) < 4.78 is 34.2. The van der Waals surface area contributed by atoms with Crippen LogP contribution in [0.4, 0.5) is 8.78 Å². The summed E-state index contributed by atoms with van der Waals surface area (Å²) in [7, 11) is 1.55. The third-order valence-corrected chi connectivity index (χ3v) is 4.14. The number of carbonyl (C=O) groups excluding carboxylic acids is 1. The van der Waals surface area contributed by atoms with E-state index in [2.05, 4.69) is 5.10 Å². The van der Waals surface area contributed by atoms with Crippen molar-refractivity contribution in [2.45, 2.75) is 13.0 Å². The van der Waals surface area contributed by atoms with Crippen molar-refractivity contribution in [2.24, 2.45) is 0 Å². The third-order valence-electron chi connectivity index (χ3n) is 3.90. The fraction of sp³-hybridized carbons (Fsp3) is 0.158. The number of halogens is 3. The van der Waals surface area contributed by atoms with Crippen molar-refractivity contribution < 1.29 is 18.3 Å². The van der Waals surface area contributed by atoms with Gasteiger partial charge in [0.1, 0.15) is 23.1 Å². The first-order chi connectivity index (χ1) is 12.5. The minimum absolute atomic E-state index is 0.133. The number of hydrogen-bond donors (Lipinski definition) is 0. The van der Waals surface area contributed by atoms with Crippen LogP contribution in [0.5, 0.6) is 5.75 Å². The summed E-state index contributed by atoms with van der Waals surface area (Å²) in [4.78, 5) is 12.3. The summed E-state index contributed by atoms with van der Waals surface area (Å²) >= 11 is 6.01. The van der Waals surface area contributed by atoms with Crippen LogP contribution in [-0.2, 0) is 13.0 Å². The van der Waals surface area contributed by atoms with E-state index >= 15 is 0 Å². The van der Waals surface area contributed by atoms with Crippen molar-refractivity contribution in [2.75, 3.05) is 7.11 Å². The molecule has 0 atom stereocenters. The number of ether oxygens (including phenoxy) is 1. The molecule has 26 heavy (non-hydrogen) atoms. The number of ketones is 1. The predicted molar refractivity (Wildman–Crippen MR) is 93.7 cm³/mol.